The molecule has 4 rings (SSSR count). The minimum Gasteiger partial charge on any atom is -0.383 e. The zero-order valence-electron chi connectivity index (χ0n) is 15.9. The molecule has 0 spiro atoms. The second-order valence-corrected chi connectivity index (χ2v) is 7.13. The third-order valence-electron chi connectivity index (χ3n) is 5.37. The average Bonchev–Trinajstić information content (AvgIpc) is 3.29. The Kier molecular flexibility index (Phi) is 4.85. The van der Waals surface area contributed by atoms with Gasteiger partial charge in [-0.15, -0.1) is 0 Å². The van der Waals surface area contributed by atoms with E-state index in [0.29, 0.717) is 41.7 Å². The van der Waals surface area contributed by atoms with E-state index in [9.17, 15) is 9.59 Å². The highest BCUT2D eigenvalue weighted by Gasteiger charge is 2.40. The largest absolute Gasteiger partial charge is 0.383 e. The van der Waals surface area contributed by atoms with Gasteiger partial charge in [0.25, 0.3) is 0 Å². The smallest absolute Gasteiger partial charge is 0.236 e. The number of nitrogens with zero attached hydrogens (tertiary/aromatic N) is 7. The molecule has 1 saturated heterocycles. The van der Waals surface area contributed by atoms with Crippen molar-refractivity contribution in [2.45, 2.75) is 31.3 Å². The maximum atomic E-state index is 12.2. The number of nitrogens with two attached hydrogens (primary N) is 1. The highest BCUT2D eigenvalue weighted by atomic mass is 16.2. The Morgan fingerprint density at radius 2 is 2.31 bits per heavy atom. The number of nitriles is 1. The van der Waals surface area contributed by atoms with E-state index in [4.69, 9.17) is 11.0 Å². The first-order valence-corrected chi connectivity index (χ1v) is 9.33. The Labute approximate surface area is 167 Å². The monoisotopic (exact) mass is 395 g/mol. The Balaban J connectivity index is 1.66. The lowest BCUT2D eigenvalue weighted by Gasteiger charge is -2.38. The first kappa shape index (κ1) is 18.8. The van der Waals surface area contributed by atoms with Gasteiger partial charge in [-0.1, -0.05) is 0 Å². The van der Waals surface area contributed by atoms with Crippen LogP contribution < -0.4 is 16.2 Å². The van der Waals surface area contributed by atoms with Crippen molar-refractivity contribution in [2.75, 3.05) is 23.8 Å². The summed E-state index contributed by atoms with van der Waals surface area (Å²) in [5.74, 6) is 0.803. The van der Waals surface area contributed by atoms with Crippen LogP contribution in [0.5, 0.6) is 0 Å². The van der Waals surface area contributed by atoms with Crippen LogP contribution in [0.25, 0.3) is 0 Å². The fraction of sp³-hybridized carbons (Fsp3) is 0.444. The molecule has 2 atom stereocenters. The molecular weight excluding hydrogens is 374 g/mol. The fourth-order valence-electron chi connectivity index (χ4n) is 3.95. The minimum absolute atomic E-state index is 0.0429. The van der Waals surface area contributed by atoms with Gasteiger partial charge in [0.1, 0.15) is 30.3 Å². The summed E-state index contributed by atoms with van der Waals surface area (Å²) >= 11 is 0. The number of aromatic nitrogens is 4. The predicted octanol–water partition coefficient (Wildman–Crippen LogP) is -0.0765. The Bertz CT molecular complexity index is 996. The van der Waals surface area contributed by atoms with Gasteiger partial charge in [0.15, 0.2) is 12.1 Å². The van der Waals surface area contributed by atoms with Crippen molar-refractivity contribution in [1.29, 1.82) is 5.26 Å². The SMILES string of the molecule is Cn1nc(C2NN(C3CCCN(C(=O)CC#N)C3)c3ncnc(N)c32)cc1C=O. The third kappa shape index (κ3) is 3.27. The number of amides is 1. The molecule has 2 aliphatic heterocycles. The lowest BCUT2D eigenvalue weighted by Crippen LogP contribution is -2.53. The van der Waals surface area contributed by atoms with Crippen LogP contribution in [0.1, 0.15) is 47.1 Å². The lowest BCUT2D eigenvalue weighted by atomic mass is 10.0. The number of anilines is 2. The number of carbonyl (C=O) groups excluding carboxylic acids is 2. The Hall–Kier alpha value is -3.52. The van der Waals surface area contributed by atoms with Gasteiger partial charge in [0.2, 0.25) is 5.91 Å². The average molecular weight is 395 g/mol. The van der Waals surface area contributed by atoms with Crippen LogP contribution in [0.4, 0.5) is 11.6 Å². The summed E-state index contributed by atoms with van der Waals surface area (Å²) in [5.41, 5.74) is 11.3. The second-order valence-electron chi connectivity index (χ2n) is 7.13. The first-order chi connectivity index (χ1) is 14.0. The van der Waals surface area contributed by atoms with Crippen LogP contribution >= 0.6 is 0 Å². The number of nitrogen functional groups attached to an aromatic ring is 1. The van der Waals surface area contributed by atoms with Crippen molar-refractivity contribution in [3.05, 3.63) is 29.3 Å². The van der Waals surface area contributed by atoms with Crippen molar-refractivity contribution >= 4 is 23.8 Å². The van der Waals surface area contributed by atoms with Gasteiger partial charge in [-0.25, -0.2) is 15.4 Å². The maximum absolute atomic E-state index is 12.2. The summed E-state index contributed by atoms with van der Waals surface area (Å²) in [5, 5.41) is 15.2. The number of piperidine rings is 1. The molecule has 0 aliphatic carbocycles. The van der Waals surface area contributed by atoms with Gasteiger partial charge in [0.05, 0.1) is 23.4 Å². The van der Waals surface area contributed by atoms with Gasteiger partial charge in [-0.3, -0.25) is 19.3 Å². The molecule has 150 valence electrons. The molecule has 0 saturated carbocycles. The highest BCUT2D eigenvalue weighted by Crippen LogP contribution is 2.39. The second kappa shape index (κ2) is 7.48. The van der Waals surface area contributed by atoms with E-state index >= 15 is 0 Å². The van der Waals surface area contributed by atoms with Crippen molar-refractivity contribution < 1.29 is 9.59 Å². The van der Waals surface area contributed by atoms with Crippen LogP contribution in [-0.2, 0) is 11.8 Å². The third-order valence-corrected chi connectivity index (χ3v) is 5.37. The topological polar surface area (TPSA) is 146 Å². The Morgan fingerprint density at radius 1 is 1.48 bits per heavy atom. The number of likely N-dealkylation sites (tertiary alicyclic amines) is 1. The predicted molar refractivity (Wildman–Crippen MR) is 102 cm³/mol. The van der Waals surface area contributed by atoms with E-state index in [1.165, 1.54) is 11.0 Å². The van der Waals surface area contributed by atoms with Crippen molar-refractivity contribution in [3.8, 4) is 6.07 Å². The van der Waals surface area contributed by atoms with Crippen LogP contribution in [-0.4, -0.2) is 56.0 Å². The van der Waals surface area contributed by atoms with E-state index in [1.807, 2.05) is 11.1 Å². The van der Waals surface area contributed by atoms with Crippen molar-refractivity contribution in [2.24, 2.45) is 7.05 Å². The van der Waals surface area contributed by atoms with Crippen molar-refractivity contribution in [3.63, 3.8) is 0 Å². The fourth-order valence-corrected chi connectivity index (χ4v) is 3.95. The van der Waals surface area contributed by atoms with Crippen LogP contribution in [0, 0.1) is 11.3 Å². The molecule has 0 radical (unpaired) electrons. The van der Waals surface area contributed by atoms with Gasteiger partial charge < -0.3 is 10.6 Å². The summed E-state index contributed by atoms with van der Waals surface area (Å²) in [6, 6.07) is 3.17. The lowest BCUT2D eigenvalue weighted by molar-refractivity contribution is -0.131. The molecular formula is C18H21N9O2. The summed E-state index contributed by atoms with van der Waals surface area (Å²) in [4.78, 5) is 33.7. The number of aldehydes is 1. The standard InChI is InChI=1S/C18H21N9O2/c1-25-12(9-28)7-13(23-25)16-15-17(20)21-10-22-18(15)27(24-16)11-3-2-6-26(8-11)14(29)4-5-19/h7,9-11,16,24H,2-4,6,8H2,1H3,(H2,20,21,22). The van der Waals surface area contributed by atoms with E-state index in [0.717, 1.165) is 19.1 Å². The van der Waals surface area contributed by atoms with Crippen LogP contribution in [0.15, 0.2) is 12.4 Å². The van der Waals surface area contributed by atoms with E-state index in [2.05, 4.69) is 20.5 Å². The molecule has 1 fully saturated rings. The number of carbonyl (C=O) groups is 2. The molecule has 29 heavy (non-hydrogen) atoms. The number of nitrogens with one attached hydrogen (secondary N) is 1. The van der Waals surface area contributed by atoms with Crippen molar-refractivity contribution in [1.82, 2.24) is 30.1 Å². The van der Waals surface area contributed by atoms with Gasteiger partial charge in [-0.05, 0) is 18.9 Å². The summed E-state index contributed by atoms with van der Waals surface area (Å²) in [7, 11) is 1.70. The number of aryl methyl sites for hydroxylation is 1. The normalized spacial score (nSPS) is 21.0. The molecule has 2 aromatic heterocycles. The van der Waals surface area contributed by atoms with Crippen LogP contribution in [0.2, 0.25) is 0 Å². The first-order valence-electron chi connectivity index (χ1n) is 9.33. The molecule has 11 heteroatoms. The minimum atomic E-state index is -0.406. The molecule has 2 aromatic rings. The quantitative estimate of drug-likeness (QED) is 0.679. The van der Waals surface area contributed by atoms with E-state index < -0.39 is 6.04 Å². The zero-order valence-corrected chi connectivity index (χ0v) is 15.9. The zero-order chi connectivity index (χ0) is 20.5. The highest BCUT2D eigenvalue weighted by molar-refractivity contribution is 5.78. The summed E-state index contributed by atoms with van der Waals surface area (Å²) in [6.45, 7) is 1.11. The maximum Gasteiger partial charge on any atom is 0.236 e. The molecule has 4 heterocycles. The molecule has 3 N–H and O–H groups in total. The molecule has 0 aromatic carbocycles. The summed E-state index contributed by atoms with van der Waals surface area (Å²) < 4.78 is 1.51. The van der Waals surface area contributed by atoms with Gasteiger partial charge in [0, 0.05) is 20.1 Å². The molecule has 2 unspecified atom stereocenters. The number of hydrogen-bond donors (Lipinski definition) is 2. The molecule has 2 aliphatic rings. The number of rotatable bonds is 4. The van der Waals surface area contributed by atoms with E-state index in [1.54, 1.807) is 18.0 Å². The summed E-state index contributed by atoms with van der Waals surface area (Å²) in [6.07, 6.45) is 3.69. The number of hydrogen-bond acceptors (Lipinski definition) is 9. The molecule has 0 bridgehead atoms. The number of hydrazine groups is 1. The van der Waals surface area contributed by atoms with E-state index in [-0.39, 0.29) is 18.4 Å². The van der Waals surface area contributed by atoms with Crippen LogP contribution in [0.3, 0.4) is 0 Å². The molecule has 1 amide bonds. The number of fused-ring (bicyclic) bond motifs is 1. The van der Waals surface area contributed by atoms with Gasteiger partial charge >= 0.3 is 0 Å². The molecule has 11 nitrogen and oxygen atoms in total. The van der Waals surface area contributed by atoms with Gasteiger partial charge in [-0.2, -0.15) is 10.4 Å². The Morgan fingerprint density at radius 3 is 3.03 bits per heavy atom.